The first-order chi connectivity index (χ1) is 13.6. The molecule has 5 heteroatoms. The largest absolute Gasteiger partial charge is 0.494 e. The topological polar surface area (TPSA) is 56.2 Å². The number of benzene rings is 2. The summed E-state index contributed by atoms with van der Waals surface area (Å²) in [5, 5.41) is 2.98. The molecule has 1 aromatic heterocycles. The smallest absolute Gasteiger partial charge is 0.220 e. The fourth-order valence-corrected chi connectivity index (χ4v) is 3.43. The molecular formula is C23H29N3O2. The van der Waals surface area contributed by atoms with E-state index in [9.17, 15) is 4.79 Å². The van der Waals surface area contributed by atoms with Gasteiger partial charge in [-0.3, -0.25) is 4.79 Å². The van der Waals surface area contributed by atoms with E-state index in [-0.39, 0.29) is 5.91 Å². The minimum Gasteiger partial charge on any atom is -0.494 e. The molecule has 0 bridgehead atoms. The first-order valence-corrected chi connectivity index (χ1v) is 9.98. The van der Waals surface area contributed by atoms with Gasteiger partial charge in [0.1, 0.15) is 11.6 Å². The van der Waals surface area contributed by atoms with E-state index in [1.807, 2.05) is 25.1 Å². The lowest BCUT2D eigenvalue weighted by molar-refractivity contribution is -0.121. The van der Waals surface area contributed by atoms with Gasteiger partial charge in [-0.25, -0.2) is 4.98 Å². The predicted molar refractivity (Wildman–Crippen MR) is 113 cm³/mol. The third-order valence-electron chi connectivity index (χ3n) is 4.64. The number of carbonyl (C=O) groups excluding carboxylic acids is 1. The van der Waals surface area contributed by atoms with Gasteiger partial charge >= 0.3 is 0 Å². The second kappa shape index (κ2) is 9.40. The maximum Gasteiger partial charge on any atom is 0.220 e. The number of imidazole rings is 1. The monoisotopic (exact) mass is 379 g/mol. The van der Waals surface area contributed by atoms with E-state index in [0.717, 1.165) is 42.0 Å². The van der Waals surface area contributed by atoms with Crippen molar-refractivity contribution in [1.82, 2.24) is 14.9 Å². The van der Waals surface area contributed by atoms with E-state index in [1.54, 1.807) is 0 Å². The average Bonchev–Trinajstić information content (AvgIpc) is 3.01. The van der Waals surface area contributed by atoms with Crippen molar-refractivity contribution in [3.63, 3.8) is 0 Å². The normalized spacial score (nSPS) is 11.0. The Balaban J connectivity index is 1.65. The number of rotatable bonds is 9. The van der Waals surface area contributed by atoms with E-state index >= 15 is 0 Å². The number of fused-ring (bicyclic) bond motifs is 1. The molecule has 1 amide bonds. The van der Waals surface area contributed by atoms with Gasteiger partial charge in [-0.15, -0.1) is 0 Å². The fourth-order valence-electron chi connectivity index (χ4n) is 3.43. The summed E-state index contributed by atoms with van der Waals surface area (Å²) in [5.74, 6) is 1.87. The summed E-state index contributed by atoms with van der Waals surface area (Å²) in [6, 6.07) is 14.4. The van der Waals surface area contributed by atoms with Crippen molar-refractivity contribution in [2.45, 2.75) is 53.1 Å². The van der Waals surface area contributed by atoms with Gasteiger partial charge in [-0.1, -0.05) is 25.1 Å². The van der Waals surface area contributed by atoms with Crippen LogP contribution in [0.25, 0.3) is 11.0 Å². The summed E-state index contributed by atoms with van der Waals surface area (Å²) >= 11 is 0. The van der Waals surface area contributed by atoms with Gasteiger partial charge in [-0.05, 0) is 62.1 Å². The van der Waals surface area contributed by atoms with Gasteiger partial charge in [0.05, 0.1) is 24.2 Å². The van der Waals surface area contributed by atoms with Crippen molar-refractivity contribution in [2.75, 3.05) is 6.61 Å². The molecule has 0 aliphatic carbocycles. The Labute approximate surface area is 166 Å². The molecule has 0 aliphatic rings. The second-order valence-electron chi connectivity index (χ2n) is 7.22. The molecule has 5 nitrogen and oxygen atoms in total. The van der Waals surface area contributed by atoms with Crippen LogP contribution in [0.1, 0.15) is 43.1 Å². The van der Waals surface area contributed by atoms with E-state index in [4.69, 9.17) is 9.72 Å². The molecule has 0 unspecified atom stereocenters. The molecule has 2 aromatic carbocycles. The van der Waals surface area contributed by atoms with Crippen LogP contribution in [-0.2, 0) is 17.9 Å². The lowest BCUT2D eigenvalue weighted by Gasteiger charge is -2.12. The van der Waals surface area contributed by atoms with Gasteiger partial charge in [0, 0.05) is 13.0 Å². The maximum absolute atomic E-state index is 11.8. The summed E-state index contributed by atoms with van der Waals surface area (Å²) in [4.78, 5) is 16.6. The molecule has 0 aliphatic heterocycles. The first-order valence-electron chi connectivity index (χ1n) is 9.98. The number of aryl methyl sites for hydroxylation is 3. The SMILES string of the molecule is CCCC(=O)NCc1nc2ccccc2n1CCCOc1cc(C)cc(C)c1. The lowest BCUT2D eigenvalue weighted by atomic mass is 10.1. The van der Waals surface area contributed by atoms with Crippen molar-refractivity contribution >= 4 is 16.9 Å². The number of nitrogens with zero attached hydrogens (tertiary/aromatic N) is 2. The minimum absolute atomic E-state index is 0.0688. The number of nitrogens with one attached hydrogen (secondary N) is 1. The lowest BCUT2D eigenvalue weighted by Crippen LogP contribution is -2.24. The van der Waals surface area contributed by atoms with Crippen LogP contribution in [0.2, 0.25) is 0 Å². The molecule has 3 aromatic rings. The Bertz CT molecular complexity index is 926. The van der Waals surface area contributed by atoms with Crippen molar-refractivity contribution in [1.29, 1.82) is 0 Å². The van der Waals surface area contributed by atoms with Crippen LogP contribution >= 0.6 is 0 Å². The molecule has 0 fully saturated rings. The molecule has 1 N–H and O–H groups in total. The summed E-state index contributed by atoms with van der Waals surface area (Å²) in [6.07, 6.45) is 2.26. The van der Waals surface area contributed by atoms with E-state index in [0.29, 0.717) is 19.6 Å². The Morgan fingerprint density at radius 3 is 2.64 bits per heavy atom. The van der Waals surface area contributed by atoms with E-state index in [2.05, 4.69) is 48.0 Å². The third kappa shape index (κ3) is 5.12. The number of ether oxygens (including phenoxy) is 1. The fraction of sp³-hybridized carbons (Fsp3) is 0.391. The summed E-state index contributed by atoms with van der Waals surface area (Å²) < 4.78 is 8.13. The molecule has 0 spiro atoms. The van der Waals surface area contributed by atoms with Crippen LogP contribution in [0.5, 0.6) is 5.75 Å². The Hall–Kier alpha value is -2.82. The van der Waals surface area contributed by atoms with Gasteiger partial charge in [-0.2, -0.15) is 0 Å². The molecule has 0 saturated heterocycles. The van der Waals surface area contributed by atoms with Crippen molar-refractivity contribution in [2.24, 2.45) is 0 Å². The van der Waals surface area contributed by atoms with Crippen molar-refractivity contribution in [3.8, 4) is 5.75 Å². The second-order valence-corrected chi connectivity index (χ2v) is 7.22. The summed E-state index contributed by atoms with van der Waals surface area (Å²) in [5.41, 5.74) is 4.47. The molecule has 3 rings (SSSR count). The standard InChI is InChI=1S/C23H29N3O2/c1-4-8-23(27)24-16-22-25-20-9-5-6-10-21(20)26(22)11-7-12-28-19-14-17(2)13-18(3)15-19/h5-6,9-10,13-15H,4,7-8,11-12,16H2,1-3H3,(H,24,27). The van der Waals surface area contributed by atoms with Crippen molar-refractivity contribution < 1.29 is 9.53 Å². The van der Waals surface area contributed by atoms with Crippen LogP contribution in [0.4, 0.5) is 0 Å². The highest BCUT2D eigenvalue weighted by Crippen LogP contribution is 2.18. The zero-order valence-electron chi connectivity index (χ0n) is 17.0. The highest BCUT2D eigenvalue weighted by atomic mass is 16.5. The average molecular weight is 380 g/mol. The molecule has 0 saturated carbocycles. The predicted octanol–water partition coefficient (Wildman–Crippen LogP) is 4.54. The molecular weight excluding hydrogens is 350 g/mol. The van der Waals surface area contributed by atoms with Crippen LogP contribution in [-0.4, -0.2) is 22.1 Å². The van der Waals surface area contributed by atoms with Crippen LogP contribution < -0.4 is 10.1 Å². The van der Waals surface area contributed by atoms with Gasteiger partial charge in [0.15, 0.2) is 0 Å². The van der Waals surface area contributed by atoms with E-state index in [1.165, 1.54) is 11.1 Å². The number of aromatic nitrogens is 2. The van der Waals surface area contributed by atoms with Crippen LogP contribution in [0.15, 0.2) is 42.5 Å². The van der Waals surface area contributed by atoms with Gasteiger partial charge in [0.2, 0.25) is 5.91 Å². The zero-order valence-corrected chi connectivity index (χ0v) is 17.0. The van der Waals surface area contributed by atoms with Crippen LogP contribution in [0, 0.1) is 13.8 Å². The number of hydrogen-bond acceptors (Lipinski definition) is 3. The third-order valence-corrected chi connectivity index (χ3v) is 4.64. The van der Waals surface area contributed by atoms with Crippen LogP contribution in [0.3, 0.4) is 0 Å². The highest BCUT2D eigenvalue weighted by Gasteiger charge is 2.11. The maximum atomic E-state index is 11.8. The summed E-state index contributed by atoms with van der Waals surface area (Å²) in [7, 11) is 0. The minimum atomic E-state index is 0.0688. The zero-order chi connectivity index (χ0) is 19.9. The molecule has 1 heterocycles. The van der Waals surface area contributed by atoms with Gasteiger partial charge in [0.25, 0.3) is 0 Å². The highest BCUT2D eigenvalue weighted by molar-refractivity contribution is 5.77. The molecule has 148 valence electrons. The quantitative estimate of drug-likeness (QED) is 0.555. The first kappa shape index (κ1) is 19.9. The number of carbonyl (C=O) groups is 1. The van der Waals surface area contributed by atoms with Gasteiger partial charge < -0.3 is 14.6 Å². The molecule has 0 atom stereocenters. The summed E-state index contributed by atoms with van der Waals surface area (Å²) in [6.45, 7) is 8.05. The Kier molecular flexibility index (Phi) is 6.69. The Morgan fingerprint density at radius 1 is 1.14 bits per heavy atom. The number of hydrogen-bond donors (Lipinski definition) is 1. The Morgan fingerprint density at radius 2 is 1.89 bits per heavy atom. The molecule has 28 heavy (non-hydrogen) atoms. The van der Waals surface area contributed by atoms with E-state index < -0.39 is 0 Å². The number of amides is 1. The molecule has 0 radical (unpaired) electrons. The van der Waals surface area contributed by atoms with Crippen molar-refractivity contribution in [3.05, 3.63) is 59.4 Å². The number of para-hydroxylation sites is 2.